The van der Waals surface area contributed by atoms with E-state index in [-0.39, 0.29) is 5.82 Å². The van der Waals surface area contributed by atoms with Gasteiger partial charge in [0.1, 0.15) is 5.82 Å². The number of anilines is 1. The molecule has 0 bridgehead atoms. The monoisotopic (exact) mass is 230 g/mol. The third kappa shape index (κ3) is 1.55. The Morgan fingerprint density at radius 1 is 1.75 bits per heavy atom. The first kappa shape index (κ1) is 8.99. The van der Waals surface area contributed by atoms with Crippen LogP contribution in [0.2, 0.25) is 0 Å². The Labute approximate surface area is 77.9 Å². The van der Waals surface area contributed by atoms with Gasteiger partial charge in [-0.15, -0.1) is 0 Å². The Hall–Kier alpha value is -1.10. The number of aromatic nitrogens is 1. The molecule has 0 aliphatic carbocycles. The number of aldehydes is 1. The molecule has 0 spiro atoms. The van der Waals surface area contributed by atoms with Crippen LogP contribution in [0, 0.1) is 0 Å². The standard InChI is InChI=1S/C7H7BrN2O2/c1-12-7-6(8)4(3-11)2-5(9)10-7/h2-3H,1H3,(H2,9,10). The van der Waals surface area contributed by atoms with Crippen molar-refractivity contribution in [3.05, 3.63) is 16.1 Å². The third-order valence-corrected chi connectivity index (χ3v) is 2.09. The Balaban J connectivity index is 3.31. The van der Waals surface area contributed by atoms with Gasteiger partial charge in [-0.3, -0.25) is 4.79 Å². The first-order chi connectivity index (χ1) is 5.69. The van der Waals surface area contributed by atoms with Gasteiger partial charge >= 0.3 is 0 Å². The lowest BCUT2D eigenvalue weighted by Gasteiger charge is -2.04. The molecule has 4 nitrogen and oxygen atoms in total. The first-order valence-electron chi connectivity index (χ1n) is 3.14. The number of pyridine rings is 1. The fraction of sp³-hybridized carbons (Fsp3) is 0.143. The van der Waals surface area contributed by atoms with Crippen LogP contribution in [-0.2, 0) is 0 Å². The Bertz CT molecular complexity index is 315. The topological polar surface area (TPSA) is 65.2 Å². The number of nitrogen functional groups attached to an aromatic ring is 1. The molecule has 0 aliphatic rings. The molecule has 0 aromatic carbocycles. The van der Waals surface area contributed by atoms with E-state index in [1.165, 1.54) is 13.2 Å². The highest BCUT2D eigenvalue weighted by molar-refractivity contribution is 9.10. The van der Waals surface area contributed by atoms with Crippen molar-refractivity contribution >= 4 is 28.0 Å². The summed E-state index contributed by atoms with van der Waals surface area (Å²) in [6.45, 7) is 0. The van der Waals surface area contributed by atoms with Crippen LogP contribution in [0.3, 0.4) is 0 Å². The van der Waals surface area contributed by atoms with E-state index in [1.54, 1.807) is 0 Å². The number of rotatable bonds is 2. The molecular formula is C7H7BrN2O2. The maximum Gasteiger partial charge on any atom is 0.230 e. The maximum atomic E-state index is 10.5. The van der Waals surface area contributed by atoms with E-state index in [1.807, 2.05) is 0 Å². The van der Waals surface area contributed by atoms with Crippen LogP contribution in [0.15, 0.2) is 10.5 Å². The zero-order valence-corrected chi connectivity index (χ0v) is 7.96. The second-order valence-corrected chi connectivity index (χ2v) is 2.87. The summed E-state index contributed by atoms with van der Waals surface area (Å²) in [4.78, 5) is 14.3. The summed E-state index contributed by atoms with van der Waals surface area (Å²) < 4.78 is 5.39. The molecule has 0 radical (unpaired) electrons. The largest absolute Gasteiger partial charge is 0.480 e. The average molecular weight is 231 g/mol. The maximum absolute atomic E-state index is 10.5. The van der Waals surface area contributed by atoms with Crippen LogP contribution >= 0.6 is 15.9 Å². The SMILES string of the molecule is COc1nc(N)cc(C=O)c1Br. The van der Waals surface area contributed by atoms with Crippen molar-refractivity contribution in [2.45, 2.75) is 0 Å². The molecule has 0 amide bonds. The summed E-state index contributed by atoms with van der Waals surface area (Å²) in [5, 5.41) is 0. The van der Waals surface area contributed by atoms with E-state index in [2.05, 4.69) is 20.9 Å². The van der Waals surface area contributed by atoms with E-state index in [4.69, 9.17) is 10.5 Å². The number of carbonyl (C=O) groups excluding carboxylic acids is 1. The Morgan fingerprint density at radius 2 is 2.42 bits per heavy atom. The van der Waals surface area contributed by atoms with Gasteiger partial charge in [0.05, 0.1) is 11.6 Å². The van der Waals surface area contributed by atoms with Gasteiger partial charge in [0.15, 0.2) is 6.29 Å². The van der Waals surface area contributed by atoms with Gasteiger partial charge in [-0.05, 0) is 22.0 Å². The fourth-order valence-corrected chi connectivity index (χ4v) is 1.22. The highest BCUT2D eigenvalue weighted by Gasteiger charge is 2.08. The van der Waals surface area contributed by atoms with Crippen molar-refractivity contribution in [2.24, 2.45) is 0 Å². The Morgan fingerprint density at radius 3 is 2.92 bits per heavy atom. The lowest BCUT2D eigenvalue weighted by molar-refractivity contribution is 0.112. The van der Waals surface area contributed by atoms with Crippen LogP contribution in [0.1, 0.15) is 10.4 Å². The molecule has 0 fully saturated rings. The van der Waals surface area contributed by atoms with Crippen LogP contribution in [0.4, 0.5) is 5.82 Å². The zero-order valence-electron chi connectivity index (χ0n) is 6.37. The van der Waals surface area contributed by atoms with Crippen molar-refractivity contribution < 1.29 is 9.53 Å². The van der Waals surface area contributed by atoms with E-state index >= 15 is 0 Å². The number of methoxy groups -OCH3 is 1. The van der Waals surface area contributed by atoms with Crippen LogP contribution in [0.5, 0.6) is 5.88 Å². The van der Waals surface area contributed by atoms with Crippen molar-refractivity contribution in [1.29, 1.82) is 0 Å². The lowest BCUT2D eigenvalue weighted by Crippen LogP contribution is -1.98. The molecule has 0 saturated carbocycles. The number of nitrogens with zero attached hydrogens (tertiary/aromatic N) is 1. The van der Waals surface area contributed by atoms with Crippen LogP contribution in [-0.4, -0.2) is 18.4 Å². The molecule has 1 aromatic heterocycles. The molecule has 1 heterocycles. The molecule has 0 aliphatic heterocycles. The predicted molar refractivity (Wildman–Crippen MR) is 48.3 cm³/mol. The molecule has 12 heavy (non-hydrogen) atoms. The molecule has 2 N–H and O–H groups in total. The van der Waals surface area contributed by atoms with Gasteiger partial charge in [-0.2, -0.15) is 4.98 Å². The molecule has 0 atom stereocenters. The van der Waals surface area contributed by atoms with Crippen LogP contribution < -0.4 is 10.5 Å². The summed E-state index contributed by atoms with van der Waals surface area (Å²) >= 11 is 3.16. The van der Waals surface area contributed by atoms with Gasteiger partial charge in [0, 0.05) is 5.56 Å². The molecule has 1 rings (SSSR count). The van der Waals surface area contributed by atoms with E-state index in [0.29, 0.717) is 22.2 Å². The highest BCUT2D eigenvalue weighted by atomic mass is 79.9. The Kier molecular flexibility index (Phi) is 2.65. The lowest BCUT2D eigenvalue weighted by atomic mass is 10.3. The van der Waals surface area contributed by atoms with Gasteiger partial charge in [-0.1, -0.05) is 0 Å². The minimum Gasteiger partial charge on any atom is -0.480 e. The van der Waals surface area contributed by atoms with Crippen molar-refractivity contribution in [2.75, 3.05) is 12.8 Å². The molecule has 64 valence electrons. The number of hydrogen-bond acceptors (Lipinski definition) is 4. The quantitative estimate of drug-likeness (QED) is 0.777. The smallest absolute Gasteiger partial charge is 0.230 e. The summed E-state index contributed by atoms with van der Waals surface area (Å²) in [7, 11) is 1.46. The molecular weight excluding hydrogens is 224 g/mol. The number of ether oxygens (including phenoxy) is 1. The van der Waals surface area contributed by atoms with Crippen LogP contribution in [0.25, 0.3) is 0 Å². The minimum atomic E-state index is 0.261. The molecule has 0 saturated heterocycles. The summed E-state index contributed by atoms with van der Waals surface area (Å²) in [5.41, 5.74) is 5.84. The summed E-state index contributed by atoms with van der Waals surface area (Å²) in [6, 6.07) is 1.47. The number of halogens is 1. The summed E-state index contributed by atoms with van der Waals surface area (Å²) in [6.07, 6.45) is 0.685. The molecule has 5 heteroatoms. The van der Waals surface area contributed by atoms with Crippen molar-refractivity contribution in [3.63, 3.8) is 0 Å². The van der Waals surface area contributed by atoms with Gasteiger partial charge in [-0.25, -0.2) is 0 Å². The van der Waals surface area contributed by atoms with E-state index in [9.17, 15) is 4.79 Å². The molecule has 0 unspecified atom stereocenters. The van der Waals surface area contributed by atoms with E-state index < -0.39 is 0 Å². The number of nitrogens with two attached hydrogens (primary N) is 1. The molecule has 1 aromatic rings. The average Bonchev–Trinajstić information content (AvgIpc) is 2.08. The summed E-state index contributed by atoms with van der Waals surface area (Å²) in [5.74, 6) is 0.578. The predicted octanol–water partition coefficient (Wildman–Crippen LogP) is 1.25. The number of hydrogen-bond donors (Lipinski definition) is 1. The normalized spacial score (nSPS) is 9.50. The third-order valence-electron chi connectivity index (χ3n) is 1.30. The highest BCUT2D eigenvalue weighted by Crippen LogP contribution is 2.26. The first-order valence-corrected chi connectivity index (χ1v) is 3.93. The van der Waals surface area contributed by atoms with Crippen molar-refractivity contribution in [1.82, 2.24) is 4.98 Å². The van der Waals surface area contributed by atoms with E-state index in [0.717, 1.165) is 0 Å². The zero-order chi connectivity index (χ0) is 9.14. The fourth-order valence-electron chi connectivity index (χ4n) is 0.766. The van der Waals surface area contributed by atoms with Gasteiger partial charge in [0.25, 0.3) is 0 Å². The van der Waals surface area contributed by atoms with Gasteiger partial charge < -0.3 is 10.5 Å². The second-order valence-electron chi connectivity index (χ2n) is 2.08. The number of carbonyl (C=O) groups is 1. The van der Waals surface area contributed by atoms with Gasteiger partial charge in [0.2, 0.25) is 5.88 Å². The second kappa shape index (κ2) is 3.53. The van der Waals surface area contributed by atoms with Crippen molar-refractivity contribution in [3.8, 4) is 5.88 Å². The minimum absolute atomic E-state index is 0.261.